The zero-order valence-electron chi connectivity index (χ0n) is 11.3. The second-order valence-corrected chi connectivity index (χ2v) is 4.99. The first-order valence-electron chi connectivity index (χ1n) is 6.88. The molecule has 5 heteroatoms. The van der Waals surface area contributed by atoms with E-state index in [0.29, 0.717) is 31.8 Å². The Morgan fingerprint density at radius 1 is 1.15 bits per heavy atom. The van der Waals surface area contributed by atoms with Crippen LogP contribution in [0.4, 0.5) is 4.39 Å². The average Bonchev–Trinajstić information content (AvgIpc) is 2.46. The third-order valence-electron chi connectivity index (χ3n) is 3.54. The molecular formula is C15H19FO4. The Kier molecular flexibility index (Phi) is 5.35. The minimum absolute atomic E-state index is 0.127. The number of benzene rings is 1. The summed E-state index contributed by atoms with van der Waals surface area (Å²) in [4.78, 5) is 10.8. The second-order valence-electron chi connectivity index (χ2n) is 4.99. The van der Waals surface area contributed by atoms with Crippen LogP contribution >= 0.6 is 0 Å². The molecule has 0 unspecified atom stereocenters. The molecule has 4 nitrogen and oxygen atoms in total. The maximum atomic E-state index is 12.7. The first kappa shape index (κ1) is 14.8. The van der Waals surface area contributed by atoms with Crippen LogP contribution in [0, 0.1) is 11.7 Å². The first-order chi connectivity index (χ1) is 9.65. The Hall–Kier alpha value is -1.62. The van der Waals surface area contributed by atoms with Gasteiger partial charge in [-0.05, 0) is 49.9 Å². The molecule has 0 spiro atoms. The average molecular weight is 282 g/mol. The largest absolute Gasteiger partial charge is 0.491 e. The van der Waals surface area contributed by atoms with Gasteiger partial charge in [-0.3, -0.25) is 4.79 Å². The van der Waals surface area contributed by atoms with Crippen molar-refractivity contribution in [1.29, 1.82) is 0 Å². The molecule has 0 atom stereocenters. The lowest BCUT2D eigenvalue weighted by Gasteiger charge is -2.26. The van der Waals surface area contributed by atoms with Crippen LogP contribution in [0.2, 0.25) is 0 Å². The maximum Gasteiger partial charge on any atom is 0.306 e. The van der Waals surface area contributed by atoms with Gasteiger partial charge in [-0.25, -0.2) is 4.39 Å². The van der Waals surface area contributed by atoms with Crippen LogP contribution in [0.25, 0.3) is 0 Å². The van der Waals surface area contributed by atoms with Gasteiger partial charge in [0, 0.05) is 0 Å². The highest BCUT2D eigenvalue weighted by Gasteiger charge is 2.26. The second kappa shape index (κ2) is 7.24. The summed E-state index contributed by atoms with van der Waals surface area (Å²) in [6.07, 6.45) is 3.06. The fourth-order valence-electron chi connectivity index (χ4n) is 2.38. The van der Waals surface area contributed by atoms with Crippen molar-refractivity contribution in [1.82, 2.24) is 0 Å². The summed E-state index contributed by atoms with van der Waals surface area (Å²) in [5.41, 5.74) is 0. The lowest BCUT2D eigenvalue weighted by Crippen LogP contribution is -2.27. The summed E-state index contributed by atoms with van der Waals surface area (Å²) in [7, 11) is 0. The fourth-order valence-corrected chi connectivity index (χ4v) is 2.38. The number of carboxylic acid groups (broad SMARTS) is 1. The van der Waals surface area contributed by atoms with E-state index in [1.54, 1.807) is 12.1 Å². The predicted molar refractivity (Wildman–Crippen MR) is 71.2 cm³/mol. The molecule has 1 N–H and O–H groups in total. The number of ether oxygens (including phenoxy) is 2. The quantitative estimate of drug-likeness (QED) is 0.815. The number of carboxylic acids is 1. The monoisotopic (exact) mass is 282 g/mol. The molecule has 20 heavy (non-hydrogen) atoms. The summed E-state index contributed by atoms with van der Waals surface area (Å²) in [5.74, 6) is -0.596. The standard InChI is InChI=1S/C15H19FO4/c16-12-3-7-14(8-4-12)20-10-9-19-13-5-1-11(2-6-13)15(17)18/h3-4,7-8,11,13H,1-2,5-6,9-10H2,(H,17,18). The Labute approximate surface area is 117 Å². The predicted octanol–water partition coefficient (Wildman–Crippen LogP) is 2.86. The highest BCUT2D eigenvalue weighted by Crippen LogP contribution is 2.26. The molecule has 0 bridgehead atoms. The number of rotatable bonds is 6. The molecule has 0 amide bonds. The Bertz CT molecular complexity index is 424. The van der Waals surface area contributed by atoms with Gasteiger partial charge in [-0.2, -0.15) is 0 Å². The first-order valence-corrected chi connectivity index (χ1v) is 6.88. The van der Waals surface area contributed by atoms with E-state index in [9.17, 15) is 9.18 Å². The van der Waals surface area contributed by atoms with Crippen molar-refractivity contribution in [3.05, 3.63) is 30.1 Å². The maximum absolute atomic E-state index is 12.7. The molecule has 0 heterocycles. The van der Waals surface area contributed by atoms with Crippen molar-refractivity contribution in [2.45, 2.75) is 31.8 Å². The van der Waals surface area contributed by atoms with Crippen LogP contribution in [0.15, 0.2) is 24.3 Å². The van der Waals surface area contributed by atoms with Gasteiger partial charge < -0.3 is 14.6 Å². The molecule has 1 aromatic carbocycles. The summed E-state index contributed by atoms with van der Waals surface area (Å²) in [5, 5.41) is 8.90. The summed E-state index contributed by atoms with van der Waals surface area (Å²) in [6.45, 7) is 0.865. The van der Waals surface area contributed by atoms with Crippen LogP contribution in [-0.4, -0.2) is 30.4 Å². The zero-order valence-corrected chi connectivity index (χ0v) is 11.3. The lowest BCUT2D eigenvalue weighted by atomic mass is 9.87. The van der Waals surface area contributed by atoms with Gasteiger partial charge in [-0.15, -0.1) is 0 Å². The van der Waals surface area contributed by atoms with Crippen LogP contribution in [0.5, 0.6) is 5.75 Å². The van der Waals surface area contributed by atoms with E-state index in [1.807, 2.05) is 0 Å². The Morgan fingerprint density at radius 2 is 1.80 bits per heavy atom. The molecule has 0 aromatic heterocycles. The lowest BCUT2D eigenvalue weighted by molar-refractivity contribution is -0.143. The van der Waals surface area contributed by atoms with Crippen molar-refractivity contribution in [3.63, 3.8) is 0 Å². The zero-order chi connectivity index (χ0) is 14.4. The van der Waals surface area contributed by atoms with E-state index in [0.717, 1.165) is 12.8 Å². The molecule has 1 aromatic rings. The molecular weight excluding hydrogens is 263 g/mol. The molecule has 0 radical (unpaired) electrons. The van der Waals surface area contributed by atoms with Crippen LogP contribution in [-0.2, 0) is 9.53 Å². The topological polar surface area (TPSA) is 55.8 Å². The SMILES string of the molecule is O=C(O)C1CCC(OCCOc2ccc(F)cc2)CC1. The van der Waals surface area contributed by atoms with E-state index < -0.39 is 5.97 Å². The number of hydrogen-bond donors (Lipinski definition) is 1. The Morgan fingerprint density at radius 3 is 2.40 bits per heavy atom. The van der Waals surface area contributed by atoms with Gasteiger partial charge in [0.1, 0.15) is 18.2 Å². The van der Waals surface area contributed by atoms with Crippen LogP contribution in [0.1, 0.15) is 25.7 Å². The molecule has 1 fully saturated rings. The van der Waals surface area contributed by atoms with Gasteiger partial charge in [0.05, 0.1) is 18.6 Å². The number of carbonyl (C=O) groups is 1. The van der Waals surface area contributed by atoms with E-state index in [2.05, 4.69) is 0 Å². The molecule has 1 aliphatic carbocycles. The molecule has 1 aliphatic rings. The summed E-state index contributed by atoms with van der Waals surface area (Å²) in [6, 6.07) is 5.85. The van der Waals surface area contributed by atoms with Crippen molar-refractivity contribution in [2.75, 3.05) is 13.2 Å². The van der Waals surface area contributed by atoms with Crippen LogP contribution in [0.3, 0.4) is 0 Å². The molecule has 110 valence electrons. The summed E-state index contributed by atoms with van der Waals surface area (Å²) < 4.78 is 23.8. The van der Waals surface area contributed by atoms with Gasteiger partial charge in [0.2, 0.25) is 0 Å². The van der Waals surface area contributed by atoms with Gasteiger partial charge in [0.25, 0.3) is 0 Å². The number of hydrogen-bond acceptors (Lipinski definition) is 3. The minimum Gasteiger partial charge on any atom is -0.491 e. The van der Waals surface area contributed by atoms with Crippen molar-refractivity contribution in [2.24, 2.45) is 5.92 Å². The van der Waals surface area contributed by atoms with Gasteiger partial charge in [0.15, 0.2) is 0 Å². The molecule has 0 saturated heterocycles. The highest BCUT2D eigenvalue weighted by molar-refractivity contribution is 5.70. The van der Waals surface area contributed by atoms with Crippen molar-refractivity contribution in [3.8, 4) is 5.75 Å². The third-order valence-corrected chi connectivity index (χ3v) is 3.54. The highest BCUT2D eigenvalue weighted by atomic mass is 19.1. The van der Waals surface area contributed by atoms with E-state index in [1.165, 1.54) is 12.1 Å². The van der Waals surface area contributed by atoms with Crippen molar-refractivity contribution < 1.29 is 23.8 Å². The van der Waals surface area contributed by atoms with Crippen molar-refractivity contribution >= 4 is 5.97 Å². The van der Waals surface area contributed by atoms with Gasteiger partial charge in [-0.1, -0.05) is 0 Å². The van der Waals surface area contributed by atoms with Gasteiger partial charge >= 0.3 is 5.97 Å². The molecule has 1 saturated carbocycles. The molecule has 0 aliphatic heterocycles. The normalized spacial score (nSPS) is 22.4. The van der Waals surface area contributed by atoms with E-state index >= 15 is 0 Å². The smallest absolute Gasteiger partial charge is 0.306 e. The number of aliphatic carboxylic acids is 1. The minimum atomic E-state index is -0.705. The van der Waals surface area contributed by atoms with E-state index in [4.69, 9.17) is 14.6 Å². The number of halogens is 1. The van der Waals surface area contributed by atoms with Crippen LogP contribution < -0.4 is 4.74 Å². The van der Waals surface area contributed by atoms with E-state index in [-0.39, 0.29) is 17.8 Å². The molecule has 2 rings (SSSR count). The fraction of sp³-hybridized carbons (Fsp3) is 0.533. The third kappa shape index (κ3) is 4.49. The Balaban J connectivity index is 1.60. The summed E-state index contributed by atoms with van der Waals surface area (Å²) >= 11 is 0.